The van der Waals surface area contributed by atoms with Crippen LogP contribution in [-0.2, 0) is 6.54 Å². The monoisotopic (exact) mass is 307 g/mol. The molecule has 1 N–H and O–H groups in total. The molecule has 1 aromatic heterocycles. The van der Waals surface area contributed by atoms with Gasteiger partial charge in [0.05, 0.1) is 11.0 Å². The van der Waals surface area contributed by atoms with E-state index in [4.69, 9.17) is 12.2 Å². The van der Waals surface area contributed by atoms with E-state index in [2.05, 4.69) is 28.4 Å². The topological polar surface area (TPSA) is 24.0 Å². The van der Waals surface area contributed by atoms with Gasteiger partial charge in [0.1, 0.15) is 5.82 Å². The smallest absolute Gasteiger partial charge is 0.178 e. The van der Waals surface area contributed by atoms with Gasteiger partial charge in [-0.15, -0.1) is 0 Å². The molecule has 0 atom stereocenters. The molecule has 3 nitrogen and oxygen atoms in total. The van der Waals surface area contributed by atoms with Crippen molar-refractivity contribution in [2.24, 2.45) is 5.41 Å². The highest BCUT2D eigenvalue weighted by Gasteiger charge is 2.30. The molecule has 0 radical (unpaired) electrons. The summed E-state index contributed by atoms with van der Waals surface area (Å²) >= 11 is 5.46. The second kappa shape index (κ2) is 5.21. The second-order valence-electron chi connectivity index (χ2n) is 6.75. The van der Waals surface area contributed by atoms with Crippen molar-refractivity contribution in [3.05, 3.63) is 28.3 Å². The molecule has 21 heavy (non-hydrogen) atoms. The molecule has 1 aromatic carbocycles. The lowest BCUT2D eigenvalue weighted by molar-refractivity contribution is 0.121. The van der Waals surface area contributed by atoms with Crippen molar-refractivity contribution in [2.75, 3.05) is 20.1 Å². The molecular weight excluding hydrogens is 285 g/mol. The lowest BCUT2D eigenvalue weighted by atomic mass is 9.80. The molecule has 1 aliphatic rings. The van der Waals surface area contributed by atoms with Crippen molar-refractivity contribution in [2.45, 2.75) is 33.2 Å². The van der Waals surface area contributed by atoms with Crippen LogP contribution in [0.4, 0.5) is 4.39 Å². The van der Waals surface area contributed by atoms with E-state index in [-0.39, 0.29) is 11.2 Å². The first-order chi connectivity index (χ1) is 9.88. The third-order valence-electron chi connectivity index (χ3n) is 4.79. The summed E-state index contributed by atoms with van der Waals surface area (Å²) in [6.07, 6.45) is 2.33. The molecule has 0 spiro atoms. The predicted octanol–water partition coefficient (Wildman–Crippen LogP) is 3.88. The van der Waals surface area contributed by atoms with Crippen LogP contribution in [0.2, 0.25) is 0 Å². The third kappa shape index (κ3) is 2.77. The number of likely N-dealkylation sites (tertiary alicyclic amines) is 1. The summed E-state index contributed by atoms with van der Waals surface area (Å²) in [5.41, 5.74) is 2.72. The minimum atomic E-state index is -0.184. The SMILES string of the molecule is Cc1cc2c(cc1F)[nH]c(=S)n2CC1(C)CCN(C)CC1. The molecule has 114 valence electrons. The zero-order valence-electron chi connectivity index (χ0n) is 12.9. The number of rotatable bonds is 2. The van der Waals surface area contributed by atoms with Crippen LogP contribution >= 0.6 is 12.2 Å². The zero-order chi connectivity index (χ0) is 15.2. The summed E-state index contributed by atoms with van der Waals surface area (Å²) in [6, 6.07) is 3.45. The van der Waals surface area contributed by atoms with Gasteiger partial charge in [-0.25, -0.2) is 4.39 Å². The summed E-state index contributed by atoms with van der Waals surface area (Å²) in [7, 11) is 2.17. The summed E-state index contributed by atoms with van der Waals surface area (Å²) in [5, 5.41) is 0. The van der Waals surface area contributed by atoms with E-state index in [9.17, 15) is 4.39 Å². The van der Waals surface area contributed by atoms with Gasteiger partial charge in [0, 0.05) is 6.54 Å². The molecule has 2 aromatic rings. The van der Waals surface area contributed by atoms with E-state index >= 15 is 0 Å². The molecule has 2 heterocycles. The standard InChI is InChI=1S/C16H22FN3S/c1-11-8-14-13(9-12(11)17)18-15(21)20(14)10-16(2)4-6-19(3)7-5-16/h8-9H,4-7,10H2,1-3H3,(H,18,21). The van der Waals surface area contributed by atoms with Crippen LogP contribution in [0.1, 0.15) is 25.3 Å². The van der Waals surface area contributed by atoms with Gasteiger partial charge in [-0.3, -0.25) is 0 Å². The van der Waals surface area contributed by atoms with Gasteiger partial charge in [0.15, 0.2) is 4.77 Å². The minimum Gasteiger partial charge on any atom is -0.330 e. The van der Waals surface area contributed by atoms with Crippen molar-refractivity contribution in [1.29, 1.82) is 0 Å². The molecule has 0 aliphatic carbocycles. The number of benzene rings is 1. The van der Waals surface area contributed by atoms with Crippen LogP contribution in [-0.4, -0.2) is 34.6 Å². The van der Waals surface area contributed by atoms with E-state index in [0.717, 1.165) is 43.5 Å². The summed E-state index contributed by atoms with van der Waals surface area (Å²) in [6.45, 7) is 7.27. The number of hydrogen-bond donors (Lipinski definition) is 1. The molecule has 0 amide bonds. The van der Waals surface area contributed by atoms with E-state index in [1.54, 1.807) is 13.0 Å². The molecular formula is C16H22FN3S. The number of halogens is 1. The third-order valence-corrected chi connectivity index (χ3v) is 5.11. The highest BCUT2D eigenvalue weighted by Crippen LogP contribution is 2.33. The second-order valence-corrected chi connectivity index (χ2v) is 7.14. The Morgan fingerprint density at radius 3 is 2.67 bits per heavy atom. The van der Waals surface area contributed by atoms with Crippen molar-refractivity contribution in [3.8, 4) is 0 Å². The number of piperidine rings is 1. The number of H-pyrrole nitrogens is 1. The van der Waals surface area contributed by atoms with Crippen molar-refractivity contribution < 1.29 is 4.39 Å². The minimum absolute atomic E-state index is 0.184. The van der Waals surface area contributed by atoms with Gasteiger partial charge in [0.25, 0.3) is 0 Å². The molecule has 0 bridgehead atoms. The average molecular weight is 307 g/mol. The van der Waals surface area contributed by atoms with E-state index in [1.807, 2.05) is 6.07 Å². The summed E-state index contributed by atoms with van der Waals surface area (Å²) < 4.78 is 16.5. The first-order valence-electron chi connectivity index (χ1n) is 7.45. The van der Waals surface area contributed by atoms with E-state index in [0.29, 0.717) is 10.3 Å². The Morgan fingerprint density at radius 1 is 1.33 bits per heavy atom. The van der Waals surface area contributed by atoms with E-state index in [1.165, 1.54) is 0 Å². The lowest BCUT2D eigenvalue weighted by Crippen LogP contribution is -2.38. The Kier molecular flexibility index (Phi) is 3.66. The van der Waals surface area contributed by atoms with Gasteiger partial charge < -0.3 is 14.5 Å². The van der Waals surface area contributed by atoms with Crippen LogP contribution < -0.4 is 0 Å². The maximum Gasteiger partial charge on any atom is 0.178 e. The molecule has 1 saturated heterocycles. The van der Waals surface area contributed by atoms with Gasteiger partial charge in [0.2, 0.25) is 0 Å². The first-order valence-corrected chi connectivity index (χ1v) is 7.86. The number of fused-ring (bicyclic) bond motifs is 1. The molecule has 1 aliphatic heterocycles. The number of nitrogens with one attached hydrogen (secondary N) is 1. The number of nitrogens with zero attached hydrogens (tertiary/aromatic N) is 2. The number of imidazole rings is 1. The predicted molar refractivity (Wildman–Crippen MR) is 86.7 cm³/mol. The van der Waals surface area contributed by atoms with Gasteiger partial charge in [-0.2, -0.15) is 0 Å². The highest BCUT2D eigenvalue weighted by atomic mass is 32.1. The molecule has 3 rings (SSSR count). The number of aryl methyl sites for hydroxylation is 1. The molecule has 5 heteroatoms. The largest absolute Gasteiger partial charge is 0.330 e. The van der Waals surface area contributed by atoms with Crippen LogP contribution in [0.25, 0.3) is 11.0 Å². The van der Waals surface area contributed by atoms with Crippen LogP contribution in [0, 0.1) is 22.9 Å². The number of aromatic nitrogens is 2. The van der Waals surface area contributed by atoms with Crippen LogP contribution in [0.3, 0.4) is 0 Å². The number of hydrogen-bond acceptors (Lipinski definition) is 2. The van der Waals surface area contributed by atoms with Crippen molar-refractivity contribution in [3.63, 3.8) is 0 Å². The summed E-state index contributed by atoms with van der Waals surface area (Å²) in [4.78, 5) is 5.51. The summed E-state index contributed by atoms with van der Waals surface area (Å²) in [5.74, 6) is -0.184. The molecule has 1 fully saturated rings. The Bertz CT molecular complexity index is 723. The maximum atomic E-state index is 13.7. The van der Waals surface area contributed by atoms with Gasteiger partial charge >= 0.3 is 0 Å². The fourth-order valence-electron chi connectivity index (χ4n) is 3.14. The lowest BCUT2D eigenvalue weighted by Gasteiger charge is -2.38. The molecule has 0 saturated carbocycles. The van der Waals surface area contributed by atoms with Crippen LogP contribution in [0.5, 0.6) is 0 Å². The van der Waals surface area contributed by atoms with Gasteiger partial charge in [-0.1, -0.05) is 6.92 Å². The Hall–Kier alpha value is -1.20. The number of aromatic amines is 1. The normalized spacial score (nSPS) is 19.2. The Balaban J connectivity index is 1.99. The Morgan fingerprint density at radius 2 is 2.00 bits per heavy atom. The van der Waals surface area contributed by atoms with Crippen LogP contribution in [0.15, 0.2) is 12.1 Å². The highest BCUT2D eigenvalue weighted by molar-refractivity contribution is 7.71. The van der Waals surface area contributed by atoms with Crippen molar-refractivity contribution >= 4 is 23.3 Å². The Labute approximate surface area is 129 Å². The zero-order valence-corrected chi connectivity index (χ0v) is 13.7. The quantitative estimate of drug-likeness (QED) is 0.851. The fraction of sp³-hybridized carbons (Fsp3) is 0.562. The fourth-order valence-corrected chi connectivity index (χ4v) is 3.41. The average Bonchev–Trinajstić information content (AvgIpc) is 2.71. The van der Waals surface area contributed by atoms with Gasteiger partial charge in [-0.05, 0) is 75.2 Å². The van der Waals surface area contributed by atoms with E-state index < -0.39 is 0 Å². The maximum absolute atomic E-state index is 13.7. The molecule has 0 unspecified atom stereocenters. The first kappa shape index (κ1) is 14.7. The van der Waals surface area contributed by atoms with Crippen molar-refractivity contribution in [1.82, 2.24) is 14.5 Å².